The second kappa shape index (κ2) is 5.28. The molecule has 0 radical (unpaired) electrons. The highest BCUT2D eigenvalue weighted by Crippen LogP contribution is 2.27. The third-order valence-electron chi connectivity index (χ3n) is 4.10. The van der Waals surface area contributed by atoms with Gasteiger partial charge in [-0.2, -0.15) is 0 Å². The van der Waals surface area contributed by atoms with Gasteiger partial charge in [0, 0.05) is 17.6 Å². The second-order valence-corrected chi connectivity index (χ2v) is 5.64. The zero-order chi connectivity index (χ0) is 15.8. The number of benzene rings is 2. The number of nitrogen functional groups attached to an aromatic ring is 2. The fourth-order valence-electron chi connectivity index (χ4n) is 2.91. The number of fused-ring (bicyclic) bond motifs is 3. The number of pyridine rings is 1. The Hall–Kier alpha value is -3.08. The SMILES string of the molecule is Nc1ccc(CCn2cnc3c(N)nc4ccccc4c32)cc1. The minimum absolute atomic E-state index is 0.477. The number of hydrogen-bond acceptors (Lipinski definition) is 4. The fraction of sp³-hybridized carbons (Fsp3) is 0.111. The molecule has 2 heterocycles. The Morgan fingerprint density at radius 2 is 1.74 bits per heavy atom. The minimum atomic E-state index is 0.477. The normalized spacial score (nSPS) is 11.3. The van der Waals surface area contributed by atoms with Crippen LogP contribution in [0.4, 0.5) is 11.5 Å². The van der Waals surface area contributed by atoms with Gasteiger partial charge in [0.15, 0.2) is 5.82 Å². The van der Waals surface area contributed by atoms with E-state index in [1.54, 1.807) is 0 Å². The third kappa shape index (κ3) is 2.36. The van der Waals surface area contributed by atoms with Crippen molar-refractivity contribution in [3.8, 4) is 0 Å². The Morgan fingerprint density at radius 3 is 2.57 bits per heavy atom. The van der Waals surface area contributed by atoms with Crippen LogP contribution in [0.2, 0.25) is 0 Å². The maximum Gasteiger partial charge on any atom is 0.152 e. The van der Waals surface area contributed by atoms with E-state index in [4.69, 9.17) is 11.5 Å². The lowest BCUT2D eigenvalue weighted by molar-refractivity contribution is 0.717. The quantitative estimate of drug-likeness (QED) is 0.570. The summed E-state index contributed by atoms with van der Waals surface area (Å²) in [5.74, 6) is 0.477. The molecule has 4 rings (SSSR count). The van der Waals surface area contributed by atoms with E-state index >= 15 is 0 Å². The average molecular weight is 303 g/mol. The first-order valence-corrected chi connectivity index (χ1v) is 7.56. The maximum atomic E-state index is 6.06. The largest absolute Gasteiger partial charge is 0.399 e. The van der Waals surface area contributed by atoms with Crippen molar-refractivity contribution in [3.05, 3.63) is 60.4 Å². The standard InChI is InChI=1S/C18H17N5/c19-13-7-5-12(6-8-13)9-10-23-11-21-16-17(23)14-3-1-2-4-15(14)22-18(16)20/h1-8,11H,9-10,19H2,(H2,20,22). The lowest BCUT2D eigenvalue weighted by Gasteiger charge is -2.08. The molecule has 2 aromatic heterocycles. The zero-order valence-corrected chi connectivity index (χ0v) is 12.6. The molecular formula is C18H17N5. The van der Waals surface area contributed by atoms with Gasteiger partial charge in [0.2, 0.25) is 0 Å². The molecule has 0 spiro atoms. The summed E-state index contributed by atoms with van der Waals surface area (Å²) in [7, 11) is 0. The molecule has 114 valence electrons. The summed E-state index contributed by atoms with van der Waals surface area (Å²) >= 11 is 0. The average Bonchev–Trinajstić information content (AvgIpc) is 2.99. The van der Waals surface area contributed by atoms with Crippen LogP contribution in [0.5, 0.6) is 0 Å². The highest BCUT2D eigenvalue weighted by atomic mass is 15.1. The molecule has 23 heavy (non-hydrogen) atoms. The van der Waals surface area contributed by atoms with Crippen molar-refractivity contribution in [2.45, 2.75) is 13.0 Å². The number of aryl methyl sites for hydroxylation is 2. The van der Waals surface area contributed by atoms with Gasteiger partial charge in [0.25, 0.3) is 0 Å². The number of para-hydroxylation sites is 1. The van der Waals surface area contributed by atoms with Gasteiger partial charge in [0.05, 0.1) is 17.4 Å². The number of anilines is 2. The number of aromatic nitrogens is 3. The molecule has 0 atom stereocenters. The summed E-state index contributed by atoms with van der Waals surface area (Å²) < 4.78 is 2.14. The molecule has 0 aliphatic carbocycles. The van der Waals surface area contributed by atoms with Crippen LogP contribution in [-0.2, 0) is 13.0 Å². The second-order valence-electron chi connectivity index (χ2n) is 5.64. The van der Waals surface area contributed by atoms with Crippen LogP contribution in [0, 0.1) is 0 Å². The number of hydrogen-bond donors (Lipinski definition) is 2. The smallest absolute Gasteiger partial charge is 0.152 e. The lowest BCUT2D eigenvalue weighted by atomic mass is 10.1. The molecule has 0 aliphatic rings. The lowest BCUT2D eigenvalue weighted by Crippen LogP contribution is -2.01. The Kier molecular flexibility index (Phi) is 3.12. The van der Waals surface area contributed by atoms with Crippen molar-refractivity contribution in [3.63, 3.8) is 0 Å². The number of nitrogens with two attached hydrogens (primary N) is 2. The van der Waals surface area contributed by atoms with Gasteiger partial charge in [0.1, 0.15) is 5.52 Å². The van der Waals surface area contributed by atoms with E-state index in [1.165, 1.54) is 5.56 Å². The first kappa shape index (κ1) is 13.6. The van der Waals surface area contributed by atoms with Crippen LogP contribution in [0.15, 0.2) is 54.9 Å². The van der Waals surface area contributed by atoms with Gasteiger partial charge in [-0.25, -0.2) is 9.97 Å². The first-order chi connectivity index (χ1) is 11.2. The Bertz CT molecular complexity index is 986. The van der Waals surface area contributed by atoms with Crippen molar-refractivity contribution in [2.75, 3.05) is 11.5 Å². The molecule has 5 heteroatoms. The molecule has 5 nitrogen and oxygen atoms in total. The molecule has 0 aliphatic heterocycles. The topological polar surface area (TPSA) is 82.8 Å². The van der Waals surface area contributed by atoms with E-state index in [2.05, 4.69) is 32.7 Å². The van der Waals surface area contributed by atoms with Gasteiger partial charge in [-0.15, -0.1) is 0 Å². The Morgan fingerprint density at radius 1 is 0.957 bits per heavy atom. The van der Waals surface area contributed by atoms with Gasteiger partial charge in [-0.3, -0.25) is 0 Å². The van der Waals surface area contributed by atoms with Crippen LogP contribution in [0.25, 0.3) is 21.9 Å². The van der Waals surface area contributed by atoms with E-state index in [-0.39, 0.29) is 0 Å². The van der Waals surface area contributed by atoms with Crippen molar-refractivity contribution in [2.24, 2.45) is 0 Å². The molecule has 4 N–H and O–H groups in total. The summed E-state index contributed by atoms with van der Waals surface area (Å²) in [6.45, 7) is 0.827. The van der Waals surface area contributed by atoms with Crippen LogP contribution < -0.4 is 11.5 Å². The molecule has 0 unspecified atom stereocenters. The Balaban J connectivity index is 1.76. The van der Waals surface area contributed by atoms with Crippen molar-refractivity contribution in [1.29, 1.82) is 0 Å². The summed E-state index contributed by atoms with van der Waals surface area (Å²) in [6, 6.07) is 16.0. The molecule has 2 aromatic carbocycles. The summed E-state index contributed by atoms with van der Waals surface area (Å²) in [4.78, 5) is 8.88. The van der Waals surface area contributed by atoms with Crippen molar-refractivity contribution < 1.29 is 0 Å². The first-order valence-electron chi connectivity index (χ1n) is 7.56. The predicted octanol–water partition coefficient (Wildman–Crippen LogP) is 2.99. The minimum Gasteiger partial charge on any atom is -0.399 e. The van der Waals surface area contributed by atoms with E-state index in [9.17, 15) is 0 Å². The Labute approximate surface area is 133 Å². The molecule has 0 amide bonds. The summed E-state index contributed by atoms with van der Waals surface area (Å²) in [5, 5.41) is 1.08. The molecule has 0 saturated carbocycles. The van der Waals surface area contributed by atoms with Crippen LogP contribution in [0.1, 0.15) is 5.56 Å². The molecule has 0 fully saturated rings. The van der Waals surface area contributed by atoms with Crippen LogP contribution in [0.3, 0.4) is 0 Å². The van der Waals surface area contributed by atoms with Crippen molar-refractivity contribution in [1.82, 2.24) is 14.5 Å². The fourth-order valence-corrected chi connectivity index (χ4v) is 2.91. The summed E-state index contributed by atoms with van der Waals surface area (Å²) in [5.41, 5.74) is 16.5. The van der Waals surface area contributed by atoms with E-state index in [0.29, 0.717) is 5.82 Å². The van der Waals surface area contributed by atoms with Crippen LogP contribution >= 0.6 is 0 Å². The number of rotatable bonds is 3. The number of nitrogens with zero attached hydrogens (tertiary/aromatic N) is 3. The van der Waals surface area contributed by atoms with Crippen LogP contribution in [-0.4, -0.2) is 14.5 Å². The maximum absolute atomic E-state index is 6.06. The van der Waals surface area contributed by atoms with E-state index < -0.39 is 0 Å². The van der Waals surface area contributed by atoms with Gasteiger partial charge < -0.3 is 16.0 Å². The third-order valence-corrected chi connectivity index (χ3v) is 4.10. The molecule has 0 bridgehead atoms. The van der Waals surface area contributed by atoms with Gasteiger partial charge >= 0.3 is 0 Å². The molecular weight excluding hydrogens is 286 g/mol. The van der Waals surface area contributed by atoms with Gasteiger partial charge in [-0.05, 0) is 30.2 Å². The highest BCUT2D eigenvalue weighted by molar-refractivity contribution is 6.06. The van der Waals surface area contributed by atoms with Crippen molar-refractivity contribution >= 4 is 33.4 Å². The molecule has 4 aromatic rings. The van der Waals surface area contributed by atoms with Gasteiger partial charge in [-0.1, -0.05) is 30.3 Å². The number of imidazole rings is 1. The summed E-state index contributed by atoms with van der Waals surface area (Å²) in [6.07, 6.45) is 2.74. The zero-order valence-electron chi connectivity index (χ0n) is 12.6. The van der Waals surface area contributed by atoms with E-state index in [0.717, 1.165) is 40.6 Å². The predicted molar refractivity (Wildman–Crippen MR) is 94.0 cm³/mol. The van der Waals surface area contributed by atoms with E-state index in [1.807, 2.05) is 36.7 Å². The molecule has 0 saturated heterocycles. The highest BCUT2D eigenvalue weighted by Gasteiger charge is 2.11. The monoisotopic (exact) mass is 303 g/mol.